The minimum Gasteiger partial charge on any atom is -0.329 e. The van der Waals surface area contributed by atoms with Crippen LogP contribution in [-0.4, -0.2) is 34.2 Å². The van der Waals surface area contributed by atoms with Gasteiger partial charge in [-0.3, -0.25) is 9.48 Å². The van der Waals surface area contributed by atoms with Gasteiger partial charge in [-0.15, -0.1) is 6.42 Å². The highest BCUT2D eigenvalue weighted by Gasteiger charge is 2.14. The number of aryl methyl sites for hydroxylation is 2. The molecular formula is C10H13N3O. The van der Waals surface area contributed by atoms with Gasteiger partial charge in [0.15, 0.2) is 5.69 Å². The summed E-state index contributed by atoms with van der Waals surface area (Å²) in [5.74, 6) is 2.26. The average molecular weight is 191 g/mol. The van der Waals surface area contributed by atoms with Crippen molar-refractivity contribution in [2.24, 2.45) is 7.05 Å². The van der Waals surface area contributed by atoms with E-state index in [0.29, 0.717) is 12.2 Å². The molecule has 0 saturated carbocycles. The number of carbonyl (C=O) groups is 1. The maximum Gasteiger partial charge on any atom is 0.274 e. The van der Waals surface area contributed by atoms with Gasteiger partial charge in [-0.2, -0.15) is 5.10 Å². The molecule has 4 nitrogen and oxygen atoms in total. The van der Waals surface area contributed by atoms with Crippen LogP contribution in [0.25, 0.3) is 0 Å². The Morgan fingerprint density at radius 1 is 1.79 bits per heavy atom. The van der Waals surface area contributed by atoms with Crippen molar-refractivity contribution in [3.8, 4) is 12.3 Å². The first kappa shape index (κ1) is 10.3. The Bertz CT molecular complexity index is 367. The molecule has 0 bridgehead atoms. The lowest BCUT2D eigenvalue weighted by atomic mass is 10.3. The van der Waals surface area contributed by atoms with Gasteiger partial charge in [0.25, 0.3) is 5.91 Å². The predicted octanol–water partition coefficient (Wildman–Crippen LogP) is 0.434. The highest BCUT2D eigenvalue weighted by molar-refractivity contribution is 5.92. The van der Waals surface area contributed by atoms with E-state index in [-0.39, 0.29) is 5.91 Å². The highest BCUT2D eigenvalue weighted by Crippen LogP contribution is 2.03. The molecule has 0 aliphatic carbocycles. The molecule has 0 aliphatic heterocycles. The van der Waals surface area contributed by atoms with Crippen LogP contribution in [0.5, 0.6) is 0 Å². The zero-order valence-electron chi connectivity index (χ0n) is 8.61. The summed E-state index contributed by atoms with van der Waals surface area (Å²) in [7, 11) is 3.46. The second-order valence-corrected chi connectivity index (χ2v) is 3.16. The smallest absolute Gasteiger partial charge is 0.274 e. The maximum absolute atomic E-state index is 11.7. The molecule has 1 amide bonds. The maximum atomic E-state index is 11.7. The molecule has 0 spiro atoms. The molecule has 0 fully saturated rings. The third kappa shape index (κ3) is 1.94. The Labute approximate surface area is 83.5 Å². The topological polar surface area (TPSA) is 38.1 Å². The van der Waals surface area contributed by atoms with Crippen LogP contribution < -0.4 is 0 Å². The first-order valence-corrected chi connectivity index (χ1v) is 4.26. The number of aromatic nitrogens is 2. The van der Waals surface area contributed by atoms with Crippen LogP contribution >= 0.6 is 0 Å². The van der Waals surface area contributed by atoms with E-state index in [4.69, 9.17) is 6.42 Å². The Morgan fingerprint density at radius 3 is 2.86 bits per heavy atom. The van der Waals surface area contributed by atoms with Gasteiger partial charge >= 0.3 is 0 Å². The summed E-state index contributed by atoms with van der Waals surface area (Å²) < 4.78 is 1.66. The zero-order valence-corrected chi connectivity index (χ0v) is 8.61. The van der Waals surface area contributed by atoms with Crippen LogP contribution in [0.4, 0.5) is 0 Å². The fourth-order valence-corrected chi connectivity index (χ4v) is 1.07. The fourth-order valence-electron chi connectivity index (χ4n) is 1.07. The van der Waals surface area contributed by atoms with Gasteiger partial charge in [0, 0.05) is 19.8 Å². The molecule has 0 saturated heterocycles. The first-order chi connectivity index (χ1) is 6.56. The van der Waals surface area contributed by atoms with Crippen molar-refractivity contribution in [2.45, 2.75) is 6.92 Å². The fraction of sp³-hybridized carbons (Fsp3) is 0.400. The quantitative estimate of drug-likeness (QED) is 0.636. The van der Waals surface area contributed by atoms with Crippen molar-refractivity contribution < 1.29 is 4.79 Å². The van der Waals surface area contributed by atoms with Gasteiger partial charge in [-0.1, -0.05) is 5.92 Å². The predicted molar refractivity (Wildman–Crippen MR) is 53.7 cm³/mol. The van der Waals surface area contributed by atoms with E-state index in [0.717, 1.165) is 5.69 Å². The summed E-state index contributed by atoms with van der Waals surface area (Å²) in [5.41, 5.74) is 1.38. The molecule has 0 aliphatic rings. The van der Waals surface area contributed by atoms with Gasteiger partial charge < -0.3 is 4.90 Å². The SMILES string of the molecule is C#CCN(C)C(=O)c1cc(C)n(C)n1. The molecule has 1 aromatic rings. The standard InChI is InChI=1S/C10H13N3O/c1-5-6-12(3)10(14)9-7-8(2)13(4)11-9/h1,7H,6H2,2-4H3. The molecule has 0 aromatic carbocycles. The summed E-state index contributed by atoms with van der Waals surface area (Å²) >= 11 is 0. The molecule has 74 valence electrons. The number of terminal acetylenes is 1. The lowest BCUT2D eigenvalue weighted by molar-refractivity contribution is 0.0806. The molecule has 0 radical (unpaired) electrons. The van der Waals surface area contributed by atoms with E-state index >= 15 is 0 Å². The normalized spacial score (nSPS) is 9.57. The number of carbonyl (C=O) groups excluding carboxylic acids is 1. The van der Waals surface area contributed by atoms with E-state index < -0.39 is 0 Å². The minimum atomic E-state index is -0.147. The lowest BCUT2D eigenvalue weighted by Crippen LogP contribution is -2.27. The van der Waals surface area contributed by atoms with Crippen molar-refractivity contribution in [2.75, 3.05) is 13.6 Å². The summed E-state index contributed by atoms with van der Waals surface area (Å²) in [6.07, 6.45) is 5.11. The molecule has 1 rings (SSSR count). The molecule has 1 heterocycles. The van der Waals surface area contributed by atoms with Crippen molar-refractivity contribution in [3.63, 3.8) is 0 Å². The second-order valence-electron chi connectivity index (χ2n) is 3.16. The molecule has 1 aromatic heterocycles. The van der Waals surface area contributed by atoms with Gasteiger partial charge in [0.1, 0.15) is 0 Å². The summed E-state index contributed by atoms with van der Waals surface area (Å²) in [4.78, 5) is 13.1. The van der Waals surface area contributed by atoms with E-state index in [2.05, 4.69) is 11.0 Å². The van der Waals surface area contributed by atoms with Crippen molar-refractivity contribution in [3.05, 3.63) is 17.5 Å². The Kier molecular flexibility index (Phi) is 2.92. The molecule has 4 heteroatoms. The number of amides is 1. The number of hydrogen-bond acceptors (Lipinski definition) is 2. The number of rotatable bonds is 2. The molecule has 0 N–H and O–H groups in total. The third-order valence-electron chi connectivity index (χ3n) is 2.01. The third-order valence-corrected chi connectivity index (χ3v) is 2.01. The number of hydrogen-bond donors (Lipinski definition) is 0. The van der Waals surface area contributed by atoms with E-state index in [1.165, 1.54) is 4.90 Å². The first-order valence-electron chi connectivity index (χ1n) is 4.26. The summed E-state index contributed by atoms with van der Waals surface area (Å²) in [6, 6.07) is 1.75. The van der Waals surface area contributed by atoms with E-state index in [9.17, 15) is 4.79 Å². The van der Waals surface area contributed by atoms with Crippen LogP contribution in [-0.2, 0) is 7.05 Å². The Balaban J connectivity index is 2.85. The largest absolute Gasteiger partial charge is 0.329 e. The van der Waals surface area contributed by atoms with Crippen molar-refractivity contribution >= 4 is 5.91 Å². The molecule has 14 heavy (non-hydrogen) atoms. The minimum absolute atomic E-state index is 0.147. The van der Waals surface area contributed by atoms with Crippen molar-refractivity contribution in [1.82, 2.24) is 14.7 Å². The van der Waals surface area contributed by atoms with Crippen LogP contribution in [0.2, 0.25) is 0 Å². The van der Waals surface area contributed by atoms with Crippen molar-refractivity contribution in [1.29, 1.82) is 0 Å². The second kappa shape index (κ2) is 3.97. The lowest BCUT2D eigenvalue weighted by Gasteiger charge is -2.11. The average Bonchev–Trinajstić information content (AvgIpc) is 2.46. The van der Waals surface area contributed by atoms with Gasteiger partial charge in [0.05, 0.1) is 6.54 Å². The number of nitrogens with zero attached hydrogens (tertiary/aromatic N) is 3. The highest BCUT2D eigenvalue weighted by atomic mass is 16.2. The zero-order chi connectivity index (χ0) is 10.7. The van der Waals surface area contributed by atoms with Crippen LogP contribution in [0.15, 0.2) is 6.07 Å². The molecular weight excluding hydrogens is 178 g/mol. The van der Waals surface area contributed by atoms with E-state index in [1.807, 2.05) is 6.92 Å². The monoisotopic (exact) mass is 191 g/mol. The van der Waals surface area contributed by atoms with Gasteiger partial charge in [-0.25, -0.2) is 0 Å². The van der Waals surface area contributed by atoms with Gasteiger partial charge in [-0.05, 0) is 13.0 Å². The summed E-state index contributed by atoms with van der Waals surface area (Å²) in [5, 5.41) is 4.07. The molecule has 0 atom stereocenters. The molecule has 0 unspecified atom stereocenters. The van der Waals surface area contributed by atoms with Crippen LogP contribution in [0.3, 0.4) is 0 Å². The van der Waals surface area contributed by atoms with Crippen LogP contribution in [0.1, 0.15) is 16.2 Å². The van der Waals surface area contributed by atoms with E-state index in [1.54, 1.807) is 24.8 Å². The van der Waals surface area contributed by atoms with Gasteiger partial charge in [0.2, 0.25) is 0 Å². The Morgan fingerprint density at radius 2 is 2.43 bits per heavy atom. The van der Waals surface area contributed by atoms with Crippen LogP contribution in [0, 0.1) is 19.3 Å². The Hall–Kier alpha value is -1.76. The summed E-state index contributed by atoms with van der Waals surface area (Å²) in [6.45, 7) is 2.19.